The molecule has 4 heteroatoms. The molecule has 1 aromatic heterocycles. The van der Waals surface area contributed by atoms with Gasteiger partial charge in [0, 0.05) is 5.39 Å². The summed E-state index contributed by atoms with van der Waals surface area (Å²) in [6.07, 6.45) is 1.94. The molecule has 0 atom stereocenters. The Morgan fingerprint density at radius 3 is 2.80 bits per heavy atom. The fourth-order valence-corrected chi connectivity index (χ4v) is 1.83. The normalized spacial score (nSPS) is 10.5. The van der Waals surface area contributed by atoms with Crippen molar-refractivity contribution in [3.8, 4) is 0 Å². The number of fused-ring (bicyclic) bond motifs is 1. The minimum atomic E-state index is -0.917. The Morgan fingerprint density at radius 2 is 2.13 bits per heavy atom. The molecule has 0 saturated carbocycles. The van der Waals surface area contributed by atoms with Gasteiger partial charge in [-0.05, 0) is 30.5 Å². The molecule has 0 amide bonds. The molecule has 2 aromatic rings. The minimum Gasteiger partial charge on any atom is -0.478 e. The molecule has 15 heavy (non-hydrogen) atoms. The number of thioether (sulfide) groups is 1. The van der Waals surface area contributed by atoms with Gasteiger partial charge in [-0.1, -0.05) is 6.07 Å². The highest BCUT2D eigenvalue weighted by Crippen LogP contribution is 2.21. The lowest BCUT2D eigenvalue weighted by molar-refractivity contribution is 0.0699. The highest BCUT2D eigenvalue weighted by atomic mass is 32.2. The molecule has 0 unspecified atom stereocenters. The lowest BCUT2D eigenvalue weighted by Crippen LogP contribution is -1.97. The van der Waals surface area contributed by atoms with Crippen molar-refractivity contribution >= 4 is 28.6 Å². The van der Waals surface area contributed by atoms with Crippen LogP contribution < -0.4 is 0 Å². The third kappa shape index (κ3) is 1.80. The Bertz CT molecular complexity index is 525. The second-order valence-electron chi connectivity index (χ2n) is 3.03. The average molecular weight is 219 g/mol. The fraction of sp³-hybridized carbons (Fsp3) is 0.0909. The lowest BCUT2D eigenvalue weighted by Gasteiger charge is -2.02. The predicted octanol–water partition coefficient (Wildman–Crippen LogP) is 2.65. The smallest absolute Gasteiger partial charge is 0.336 e. The van der Waals surface area contributed by atoms with Gasteiger partial charge in [-0.15, -0.1) is 11.8 Å². The van der Waals surface area contributed by atoms with Crippen molar-refractivity contribution in [2.75, 3.05) is 6.26 Å². The van der Waals surface area contributed by atoms with E-state index in [1.54, 1.807) is 18.2 Å². The highest BCUT2D eigenvalue weighted by Gasteiger charge is 2.08. The second-order valence-corrected chi connectivity index (χ2v) is 3.86. The fourth-order valence-electron chi connectivity index (χ4n) is 1.44. The van der Waals surface area contributed by atoms with Crippen molar-refractivity contribution in [1.29, 1.82) is 0 Å². The molecule has 76 valence electrons. The molecule has 0 aliphatic rings. The van der Waals surface area contributed by atoms with Gasteiger partial charge >= 0.3 is 5.97 Å². The molecule has 1 heterocycles. The van der Waals surface area contributed by atoms with Crippen LogP contribution in [0.15, 0.2) is 35.4 Å². The van der Waals surface area contributed by atoms with Gasteiger partial charge in [0.1, 0.15) is 0 Å². The molecule has 2 rings (SSSR count). The van der Waals surface area contributed by atoms with Gasteiger partial charge < -0.3 is 5.11 Å². The summed E-state index contributed by atoms with van der Waals surface area (Å²) in [6, 6.07) is 8.76. The van der Waals surface area contributed by atoms with Gasteiger partial charge in [-0.3, -0.25) is 0 Å². The first-order chi connectivity index (χ1) is 7.22. The van der Waals surface area contributed by atoms with Gasteiger partial charge in [0.25, 0.3) is 0 Å². The van der Waals surface area contributed by atoms with Crippen LogP contribution in [0.25, 0.3) is 10.9 Å². The Kier molecular flexibility index (Phi) is 2.60. The van der Waals surface area contributed by atoms with Crippen LogP contribution in [0.4, 0.5) is 0 Å². The van der Waals surface area contributed by atoms with Crippen LogP contribution in [0.5, 0.6) is 0 Å². The number of pyridine rings is 1. The standard InChI is InChI=1S/C11H9NO2S/c1-15-10-6-5-7-8(11(13)14)3-2-4-9(7)12-10/h2-6H,1H3,(H,13,14). The van der Waals surface area contributed by atoms with Crippen molar-refractivity contribution in [1.82, 2.24) is 4.98 Å². The van der Waals surface area contributed by atoms with E-state index >= 15 is 0 Å². The van der Waals surface area contributed by atoms with Crippen molar-refractivity contribution in [3.05, 3.63) is 35.9 Å². The van der Waals surface area contributed by atoms with Gasteiger partial charge in [-0.2, -0.15) is 0 Å². The van der Waals surface area contributed by atoms with E-state index in [4.69, 9.17) is 5.11 Å². The topological polar surface area (TPSA) is 50.2 Å². The molecule has 0 aliphatic heterocycles. The summed E-state index contributed by atoms with van der Waals surface area (Å²) in [7, 11) is 0. The van der Waals surface area contributed by atoms with Crippen molar-refractivity contribution in [2.24, 2.45) is 0 Å². The number of aromatic carboxylic acids is 1. The van der Waals surface area contributed by atoms with Gasteiger partial charge in [0.2, 0.25) is 0 Å². The first kappa shape index (κ1) is 9.98. The van der Waals surface area contributed by atoms with E-state index in [9.17, 15) is 4.79 Å². The van der Waals surface area contributed by atoms with E-state index in [0.717, 1.165) is 10.5 Å². The number of hydrogen-bond donors (Lipinski definition) is 1. The third-order valence-electron chi connectivity index (χ3n) is 2.15. The van der Waals surface area contributed by atoms with Crippen LogP contribution in [0.3, 0.4) is 0 Å². The van der Waals surface area contributed by atoms with Gasteiger partial charge in [-0.25, -0.2) is 9.78 Å². The molecule has 0 bridgehead atoms. The zero-order valence-electron chi connectivity index (χ0n) is 8.10. The quantitative estimate of drug-likeness (QED) is 0.789. The van der Waals surface area contributed by atoms with Crippen LogP contribution in [0, 0.1) is 0 Å². The Morgan fingerprint density at radius 1 is 1.33 bits per heavy atom. The minimum absolute atomic E-state index is 0.299. The molecule has 3 nitrogen and oxygen atoms in total. The number of carbonyl (C=O) groups is 1. The molecule has 0 radical (unpaired) electrons. The summed E-state index contributed by atoms with van der Waals surface area (Å²) in [6.45, 7) is 0. The lowest BCUT2D eigenvalue weighted by atomic mass is 10.1. The summed E-state index contributed by atoms with van der Waals surface area (Å²) in [5.41, 5.74) is 1.02. The summed E-state index contributed by atoms with van der Waals surface area (Å²) in [5.74, 6) is -0.917. The van der Waals surface area contributed by atoms with E-state index < -0.39 is 5.97 Å². The molecular weight excluding hydrogens is 210 g/mol. The summed E-state index contributed by atoms with van der Waals surface area (Å²) in [5, 5.41) is 10.6. The maximum absolute atomic E-state index is 10.9. The molecule has 1 aromatic carbocycles. The number of aromatic nitrogens is 1. The maximum Gasteiger partial charge on any atom is 0.336 e. The maximum atomic E-state index is 10.9. The van der Waals surface area contributed by atoms with Gasteiger partial charge in [0.15, 0.2) is 0 Å². The zero-order valence-corrected chi connectivity index (χ0v) is 8.91. The SMILES string of the molecule is CSc1ccc2c(C(=O)O)cccc2n1. The highest BCUT2D eigenvalue weighted by molar-refractivity contribution is 7.98. The molecular formula is C11H9NO2S. The Balaban J connectivity index is 2.72. The molecule has 1 N–H and O–H groups in total. The summed E-state index contributed by atoms with van der Waals surface area (Å²) < 4.78 is 0. The Labute approximate surface area is 91.1 Å². The Hall–Kier alpha value is -1.55. The largest absolute Gasteiger partial charge is 0.478 e. The van der Waals surface area contributed by atoms with Crippen molar-refractivity contribution < 1.29 is 9.90 Å². The molecule has 0 saturated heterocycles. The van der Waals surface area contributed by atoms with Crippen LogP contribution in [-0.4, -0.2) is 22.3 Å². The summed E-state index contributed by atoms with van der Waals surface area (Å²) >= 11 is 1.54. The zero-order chi connectivity index (χ0) is 10.8. The molecule has 0 aliphatic carbocycles. The van der Waals surface area contributed by atoms with Crippen molar-refractivity contribution in [3.63, 3.8) is 0 Å². The number of hydrogen-bond acceptors (Lipinski definition) is 3. The second kappa shape index (κ2) is 3.90. The number of carboxylic acids is 1. The van der Waals surface area contributed by atoms with Crippen molar-refractivity contribution in [2.45, 2.75) is 5.03 Å². The number of benzene rings is 1. The number of rotatable bonds is 2. The monoisotopic (exact) mass is 219 g/mol. The van der Waals surface area contributed by atoms with E-state index in [0.29, 0.717) is 10.9 Å². The van der Waals surface area contributed by atoms with E-state index in [2.05, 4.69) is 4.98 Å². The average Bonchev–Trinajstić information content (AvgIpc) is 2.27. The number of carboxylic acid groups (broad SMARTS) is 1. The van der Waals surface area contributed by atoms with Gasteiger partial charge in [0.05, 0.1) is 16.1 Å². The first-order valence-electron chi connectivity index (χ1n) is 4.39. The third-order valence-corrected chi connectivity index (χ3v) is 2.79. The van der Waals surface area contributed by atoms with E-state index in [1.165, 1.54) is 11.8 Å². The summed E-state index contributed by atoms with van der Waals surface area (Å²) in [4.78, 5) is 15.3. The molecule has 0 fully saturated rings. The van der Waals surface area contributed by atoms with Crippen LogP contribution in [-0.2, 0) is 0 Å². The van der Waals surface area contributed by atoms with E-state index in [-0.39, 0.29) is 0 Å². The number of nitrogens with zero attached hydrogens (tertiary/aromatic N) is 1. The first-order valence-corrected chi connectivity index (χ1v) is 5.62. The van der Waals surface area contributed by atoms with E-state index in [1.807, 2.05) is 18.4 Å². The molecule has 0 spiro atoms. The predicted molar refractivity (Wildman–Crippen MR) is 60.5 cm³/mol. The van der Waals surface area contributed by atoms with Crippen LogP contribution >= 0.6 is 11.8 Å². The van der Waals surface area contributed by atoms with Crippen LogP contribution in [0.2, 0.25) is 0 Å². The van der Waals surface area contributed by atoms with Crippen LogP contribution in [0.1, 0.15) is 10.4 Å².